The van der Waals surface area contributed by atoms with E-state index in [-0.39, 0.29) is 11.3 Å². The van der Waals surface area contributed by atoms with Crippen molar-refractivity contribution in [2.24, 2.45) is 0 Å². The van der Waals surface area contributed by atoms with Gasteiger partial charge in [0.05, 0.1) is 15.1 Å². The number of hydrogen-bond acceptors (Lipinski definition) is 3. The Morgan fingerprint density at radius 3 is 2.47 bits per heavy atom. The molecule has 1 aromatic heterocycles. The molecule has 0 aliphatic heterocycles. The Morgan fingerprint density at radius 2 is 2.00 bits per heavy atom. The predicted molar refractivity (Wildman–Crippen MR) is 71.3 cm³/mol. The summed E-state index contributed by atoms with van der Waals surface area (Å²) >= 11 is 3.27. The molecule has 0 aliphatic rings. The summed E-state index contributed by atoms with van der Waals surface area (Å²) in [6, 6.07) is 7.64. The third-order valence-electron chi connectivity index (χ3n) is 2.59. The molecular formula is C12H9BrN2O4. The van der Waals surface area contributed by atoms with Gasteiger partial charge in [-0.1, -0.05) is 12.1 Å². The number of aromatic nitrogens is 1. The van der Waals surface area contributed by atoms with Crippen LogP contribution in [-0.4, -0.2) is 20.6 Å². The highest BCUT2D eigenvalue weighted by atomic mass is 79.9. The van der Waals surface area contributed by atoms with Crippen molar-refractivity contribution in [2.45, 2.75) is 6.54 Å². The lowest BCUT2D eigenvalue weighted by molar-refractivity contribution is -0.384. The molecule has 1 aromatic carbocycles. The zero-order valence-corrected chi connectivity index (χ0v) is 11.2. The molecule has 0 radical (unpaired) electrons. The highest BCUT2D eigenvalue weighted by molar-refractivity contribution is 9.10. The van der Waals surface area contributed by atoms with Gasteiger partial charge in [0.15, 0.2) is 0 Å². The van der Waals surface area contributed by atoms with Crippen molar-refractivity contribution < 1.29 is 14.8 Å². The van der Waals surface area contributed by atoms with E-state index in [1.807, 2.05) is 0 Å². The first kappa shape index (κ1) is 13.3. The molecule has 6 nitrogen and oxygen atoms in total. The summed E-state index contributed by atoms with van der Waals surface area (Å²) in [7, 11) is 0. The zero-order valence-electron chi connectivity index (χ0n) is 9.62. The SMILES string of the molecule is O=C(O)c1cc(Br)n(Cc2ccc([N+](=O)[O-])cc2)c1. The lowest BCUT2D eigenvalue weighted by Crippen LogP contribution is -1.99. The number of aromatic carboxylic acids is 1. The second-order valence-electron chi connectivity index (χ2n) is 3.91. The Kier molecular flexibility index (Phi) is 3.66. The van der Waals surface area contributed by atoms with Crippen LogP contribution in [0.4, 0.5) is 5.69 Å². The van der Waals surface area contributed by atoms with E-state index in [4.69, 9.17) is 5.11 Å². The fourth-order valence-corrected chi connectivity index (χ4v) is 2.11. The number of rotatable bonds is 4. The molecule has 0 atom stereocenters. The monoisotopic (exact) mass is 324 g/mol. The van der Waals surface area contributed by atoms with Crippen molar-refractivity contribution >= 4 is 27.6 Å². The number of nitrogens with zero attached hydrogens (tertiary/aromatic N) is 2. The predicted octanol–water partition coefficient (Wildman–Crippen LogP) is 2.91. The van der Waals surface area contributed by atoms with E-state index in [1.54, 1.807) is 16.7 Å². The van der Waals surface area contributed by atoms with Gasteiger partial charge in [0.2, 0.25) is 0 Å². The van der Waals surface area contributed by atoms with Crippen LogP contribution >= 0.6 is 15.9 Å². The Labute approximate surface area is 116 Å². The smallest absolute Gasteiger partial charge is 0.337 e. The quantitative estimate of drug-likeness (QED) is 0.692. The Bertz CT molecular complexity index is 634. The number of carbonyl (C=O) groups is 1. The number of benzene rings is 1. The lowest BCUT2D eigenvalue weighted by atomic mass is 10.2. The van der Waals surface area contributed by atoms with Gasteiger partial charge in [-0.2, -0.15) is 0 Å². The number of carboxylic acids is 1. The lowest BCUT2D eigenvalue weighted by Gasteiger charge is -2.04. The van der Waals surface area contributed by atoms with Crippen LogP contribution < -0.4 is 0 Å². The molecule has 7 heteroatoms. The van der Waals surface area contributed by atoms with E-state index in [0.717, 1.165) is 5.56 Å². The van der Waals surface area contributed by atoms with Crippen molar-refractivity contribution in [3.8, 4) is 0 Å². The van der Waals surface area contributed by atoms with Crippen LogP contribution in [0.2, 0.25) is 0 Å². The first-order valence-corrected chi connectivity index (χ1v) is 6.09. The first-order chi connectivity index (χ1) is 8.97. The topological polar surface area (TPSA) is 85.4 Å². The van der Waals surface area contributed by atoms with Crippen LogP contribution in [0.25, 0.3) is 0 Å². The normalized spacial score (nSPS) is 10.4. The maximum Gasteiger partial charge on any atom is 0.337 e. The van der Waals surface area contributed by atoms with E-state index in [2.05, 4.69) is 15.9 Å². The molecule has 1 heterocycles. The van der Waals surface area contributed by atoms with Gasteiger partial charge in [-0.05, 0) is 27.6 Å². The van der Waals surface area contributed by atoms with Gasteiger partial charge in [0, 0.05) is 24.9 Å². The van der Waals surface area contributed by atoms with E-state index in [0.29, 0.717) is 11.1 Å². The average Bonchev–Trinajstić information content (AvgIpc) is 2.72. The van der Waals surface area contributed by atoms with E-state index < -0.39 is 10.9 Å². The number of nitro benzene ring substituents is 1. The van der Waals surface area contributed by atoms with Crippen LogP contribution in [0.5, 0.6) is 0 Å². The largest absolute Gasteiger partial charge is 0.478 e. The highest BCUT2D eigenvalue weighted by Gasteiger charge is 2.10. The molecule has 0 amide bonds. The van der Waals surface area contributed by atoms with Gasteiger partial charge in [-0.25, -0.2) is 4.79 Å². The first-order valence-electron chi connectivity index (χ1n) is 5.29. The molecule has 0 saturated carbocycles. The molecule has 0 spiro atoms. The van der Waals surface area contributed by atoms with Crippen LogP contribution in [0.3, 0.4) is 0 Å². The maximum absolute atomic E-state index is 10.8. The van der Waals surface area contributed by atoms with Crippen LogP contribution in [0.15, 0.2) is 41.1 Å². The molecular weight excluding hydrogens is 316 g/mol. The van der Waals surface area contributed by atoms with E-state index in [1.165, 1.54) is 24.4 Å². The molecule has 2 aromatic rings. The minimum Gasteiger partial charge on any atom is -0.478 e. The van der Waals surface area contributed by atoms with Gasteiger partial charge in [-0.15, -0.1) is 0 Å². The summed E-state index contributed by atoms with van der Waals surface area (Å²) in [5.41, 5.74) is 1.06. The molecule has 0 fully saturated rings. The third kappa shape index (κ3) is 3.00. The van der Waals surface area contributed by atoms with Gasteiger partial charge in [0.25, 0.3) is 5.69 Å². The number of nitro groups is 1. The third-order valence-corrected chi connectivity index (χ3v) is 3.28. The van der Waals surface area contributed by atoms with Crippen LogP contribution in [0, 0.1) is 10.1 Å². The molecule has 0 bridgehead atoms. The molecule has 1 N–H and O–H groups in total. The summed E-state index contributed by atoms with van der Waals surface area (Å²) < 4.78 is 2.35. The van der Waals surface area contributed by atoms with E-state index in [9.17, 15) is 14.9 Å². The van der Waals surface area contributed by atoms with Crippen molar-refractivity contribution in [3.63, 3.8) is 0 Å². The Balaban J connectivity index is 2.21. The van der Waals surface area contributed by atoms with Gasteiger partial charge in [0.1, 0.15) is 0 Å². The molecule has 0 aliphatic carbocycles. The zero-order chi connectivity index (χ0) is 14.0. The van der Waals surface area contributed by atoms with Crippen molar-refractivity contribution in [2.75, 3.05) is 0 Å². The number of hydrogen-bond donors (Lipinski definition) is 1. The van der Waals surface area contributed by atoms with E-state index >= 15 is 0 Å². The van der Waals surface area contributed by atoms with Crippen LogP contribution in [0.1, 0.15) is 15.9 Å². The fraction of sp³-hybridized carbons (Fsp3) is 0.0833. The van der Waals surface area contributed by atoms with Gasteiger partial charge in [-0.3, -0.25) is 10.1 Å². The van der Waals surface area contributed by atoms with Gasteiger partial charge < -0.3 is 9.67 Å². The fourth-order valence-electron chi connectivity index (χ4n) is 1.64. The number of halogens is 1. The second-order valence-corrected chi connectivity index (χ2v) is 4.72. The van der Waals surface area contributed by atoms with Crippen molar-refractivity contribution in [1.29, 1.82) is 0 Å². The van der Waals surface area contributed by atoms with Gasteiger partial charge >= 0.3 is 5.97 Å². The molecule has 0 unspecified atom stereocenters. The summed E-state index contributed by atoms with van der Waals surface area (Å²) in [5, 5.41) is 19.4. The minimum absolute atomic E-state index is 0.0292. The average molecular weight is 325 g/mol. The second kappa shape index (κ2) is 5.23. The summed E-state index contributed by atoms with van der Waals surface area (Å²) in [6.45, 7) is 0.436. The Morgan fingerprint density at radius 1 is 1.37 bits per heavy atom. The molecule has 98 valence electrons. The molecule has 19 heavy (non-hydrogen) atoms. The minimum atomic E-state index is -0.997. The number of non-ortho nitro benzene ring substituents is 1. The summed E-state index contributed by atoms with van der Waals surface area (Å²) in [4.78, 5) is 20.9. The maximum atomic E-state index is 10.8. The van der Waals surface area contributed by atoms with Crippen molar-refractivity contribution in [3.05, 3.63) is 62.4 Å². The molecule has 0 saturated heterocycles. The standard InChI is InChI=1S/C12H9BrN2O4/c13-11-5-9(12(16)17)7-14(11)6-8-1-3-10(4-2-8)15(18)19/h1-5,7H,6H2,(H,16,17). The summed E-state index contributed by atoms with van der Waals surface area (Å²) in [6.07, 6.45) is 1.51. The summed E-state index contributed by atoms with van der Waals surface area (Å²) in [5.74, 6) is -0.997. The molecule has 2 rings (SSSR count). The van der Waals surface area contributed by atoms with Crippen LogP contribution in [-0.2, 0) is 6.54 Å². The Hall–Kier alpha value is -2.15. The number of carboxylic acid groups (broad SMARTS) is 1. The highest BCUT2D eigenvalue weighted by Crippen LogP contribution is 2.19. The van der Waals surface area contributed by atoms with Crippen molar-refractivity contribution in [1.82, 2.24) is 4.57 Å².